The maximum atomic E-state index is 12.5. The van der Waals surface area contributed by atoms with Crippen LogP contribution in [0.25, 0.3) is 0 Å². The minimum absolute atomic E-state index is 0.0646. The lowest BCUT2D eigenvalue weighted by atomic mass is 9.81. The van der Waals surface area contributed by atoms with Crippen LogP contribution in [-0.4, -0.2) is 30.1 Å². The molecule has 1 aromatic heterocycles. The van der Waals surface area contributed by atoms with Gasteiger partial charge in [-0.3, -0.25) is 4.79 Å². The Morgan fingerprint density at radius 1 is 1.38 bits per heavy atom. The van der Waals surface area contributed by atoms with Crippen LogP contribution in [0.3, 0.4) is 0 Å². The minimum Gasteiger partial charge on any atom is -0.351 e. The van der Waals surface area contributed by atoms with Gasteiger partial charge in [0.25, 0.3) is 5.91 Å². The van der Waals surface area contributed by atoms with Crippen molar-refractivity contribution in [3.8, 4) is 0 Å². The van der Waals surface area contributed by atoms with E-state index in [4.69, 9.17) is 0 Å². The number of nitrogens with zero attached hydrogens (tertiary/aromatic N) is 1. The lowest BCUT2D eigenvalue weighted by Gasteiger charge is -2.34. The van der Waals surface area contributed by atoms with E-state index in [0.29, 0.717) is 6.04 Å². The van der Waals surface area contributed by atoms with Crippen LogP contribution < -0.4 is 10.6 Å². The number of nitrogens with one attached hydrogen (secondary N) is 2. The Morgan fingerprint density at radius 3 is 2.52 bits per heavy atom. The second-order valence-corrected chi connectivity index (χ2v) is 6.99. The third kappa shape index (κ3) is 3.49. The van der Waals surface area contributed by atoms with Gasteiger partial charge >= 0.3 is 0 Å². The van der Waals surface area contributed by atoms with Crippen LogP contribution in [0.1, 0.15) is 61.4 Å². The molecular formula is C17H29N3O. The molecule has 2 heterocycles. The van der Waals surface area contributed by atoms with Gasteiger partial charge in [-0.2, -0.15) is 0 Å². The summed E-state index contributed by atoms with van der Waals surface area (Å²) in [5, 5.41) is 6.53. The summed E-state index contributed by atoms with van der Waals surface area (Å²) in [6.07, 6.45) is 2.25. The maximum Gasteiger partial charge on any atom is 0.253 e. The minimum atomic E-state index is 0.0646. The predicted octanol–water partition coefficient (Wildman–Crippen LogP) is 2.81. The number of hydrogen-bond donors (Lipinski definition) is 2. The van der Waals surface area contributed by atoms with Gasteiger partial charge in [-0.1, -0.05) is 6.92 Å². The molecule has 1 fully saturated rings. The van der Waals surface area contributed by atoms with E-state index in [-0.39, 0.29) is 11.3 Å². The molecule has 1 aliphatic heterocycles. The van der Waals surface area contributed by atoms with Crippen molar-refractivity contribution in [2.45, 2.75) is 53.5 Å². The molecule has 1 aliphatic rings. The summed E-state index contributed by atoms with van der Waals surface area (Å²) >= 11 is 0. The highest BCUT2D eigenvalue weighted by atomic mass is 16.1. The average Bonchev–Trinajstić information content (AvgIpc) is 2.72. The van der Waals surface area contributed by atoms with Crippen LogP contribution in [-0.2, 0) is 0 Å². The molecule has 21 heavy (non-hydrogen) atoms. The summed E-state index contributed by atoms with van der Waals surface area (Å²) in [7, 11) is 0. The van der Waals surface area contributed by atoms with Crippen molar-refractivity contribution in [3.63, 3.8) is 0 Å². The van der Waals surface area contributed by atoms with Crippen molar-refractivity contribution in [2.24, 2.45) is 5.41 Å². The Morgan fingerprint density at radius 2 is 2.00 bits per heavy atom. The highest BCUT2D eigenvalue weighted by molar-refractivity contribution is 5.95. The predicted molar refractivity (Wildman–Crippen MR) is 86.8 cm³/mol. The zero-order valence-corrected chi connectivity index (χ0v) is 14.0. The van der Waals surface area contributed by atoms with Crippen molar-refractivity contribution in [1.82, 2.24) is 15.2 Å². The van der Waals surface area contributed by atoms with Gasteiger partial charge in [-0.15, -0.1) is 0 Å². The van der Waals surface area contributed by atoms with Gasteiger partial charge in [-0.05, 0) is 65.1 Å². The molecule has 4 nitrogen and oxygen atoms in total. The molecule has 4 heteroatoms. The monoisotopic (exact) mass is 291 g/mol. The van der Waals surface area contributed by atoms with E-state index >= 15 is 0 Å². The quantitative estimate of drug-likeness (QED) is 0.896. The fourth-order valence-electron chi connectivity index (χ4n) is 3.40. The fourth-order valence-corrected chi connectivity index (χ4v) is 3.40. The van der Waals surface area contributed by atoms with E-state index < -0.39 is 0 Å². The van der Waals surface area contributed by atoms with Gasteiger partial charge in [0.1, 0.15) is 0 Å². The summed E-state index contributed by atoms with van der Waals surface area (Å²) < 4.78 is 2.22. The highest BCUT2D eigenvalue weighted by Crippen LogP contribution is 2.27. The molecule has 1 saturated heterocycles. The number of carbonyl (C=O) groups excluding carboxylic acids is 1. The maximum absolute atomic E-state index is 12.5. The van der Waals surface area contributed by atoms with E-state index in [1.807, 2.05) is 13.0 Å². The SMILES string of the molecule is Cc1cc(C(=O)NCC2(C)CCNCC2)c(C)n1C(C)C. The molecule has 0 saturated carbocycles. The first-order chi connectivity index (χ1) is 9.84. The molecule has 118 valence electrons. The van der Waals surface area contributed by atoms with Gasteiger partial charge in [0.15, 0.2) is 0 Å². The number of rotatable bonds is 4. The fraction of sp³-hybridized carbons (Fsp3) is 0.706. The second-order valence-electron chi connectivity index (χ2n) is 6.99. The third-order valence-electron chi connectivity index (χ3n) is 4.73. The van der Waals surface area contributed by atoms with Crippen LogP contribution in [0.2, 0.25) is 0 Å². The Labute approximate surface area is 128 Å². The Bertz CT molecular complexity index is 510. The number of aryl methyl sites for hydroxylation is 1. The smallest absolute Gasteiger partial charge is 0.253 e. The van der Waals surface area contributed by atoms with Crippen molar-refractivity contribution >= 4 is 5.91 Å². The van der Waals surface area contributed by atoms with Crippen LogP contribution in [0.4, 0.5) is 0 Å². The Balaban J connectivity index is 2.05. The molecule has 2 rings (SSSR count). The van der Waals surface area contributed by atoms with Gasteiger partial charge < -0.3 is 15.2 Å². The van der Waals surface area contributed by atoms with E-state index in [9.17, 15) is 4.79 Å². The average molecular weight is 291 g/mol. The summed E-state index contributed by atoms with van der Waals surface area (Å²) in [6, 6.07) is 2.39. The zero-order valence-electron chi connectivity index (χ0n) is 14.0. The highest BCUT2D eigenvalue weighted by Gasteiger charge is 2.27. The van der Waals surface area contributed by atoms with Crippen LogP contribution in [0.15, 0.2) is 6.07 Å². The molecule has 0 aromatic carbocycles. The molecule has 1 amide bonds. The van der Waals surface area contributed by atoms with Crippen molar-refractivity contribution in [3.05, 3.63) is 23.0 Å². The summed E-state index contributed by atoms with van der Waals surface area (Å²) in [4.78, 5) is 12.5. The molecule has 0 radical (unpaired) electrons. The molecule has 0 atom stereocenters. The standard InChI is InChI=1S/C17H29N3O/c1-12(2)20-13(3)10-15(14(20)4)16(21)19-11-17(5)6-8-18-9-7-17/h10,12,18H,6-9,11H2,1-5H3,(H,19,21). The molecule has 0 aliphatic carbocycles. The molecule has 1 aromatic rings. The first kappa shape index (κ1) is 16.1. The molecule has 2 N–H and O–H groups in total. The van der Waals surface area contributed by atoms with Crippen LogP contribution in [0.5, 0.6) is 0 Å². The van der Waals surface area contributed by atoms with Gasteiger partial charge in [0.2, 0.25) is 0 Å². The second kappa shape index (κ2) is 6.22. The van der Waals surface area contributed by atoms with Gasteiger partial charge in [-0.25, -0.2) is 0 Å². The normalized spacial score (nSPS) is 18.0. The van der Waals surface area contributed by atoms with Crippen LogP contribution >= 0.6 is 0 Å². The first-order valence-corrected chi connectivity index (χ1v) is 8.01. The van der Waals surface area contributed by atoms with Crippen molar-refractivity contribution < 1.29 is 4.79 Å². The zero-order chi connectivity index (χ0) is 15.6. The first-order valence-electron chi connectivity index (χ1n) is 8.01. The van der Waals surface area contributed by atoms with Gasteiger partial charge in [0.05, 0.1) is 5.56 Å². The van der Waals surface area contributed by atoms with Crippen molar-refractivity contribution in [1.29, 1.82) is 0 Å². The van der Waals surface area contributed by atoms with E-state index in [2.05, 4.69) is 42.9 Å². The topological polar surface area (TPSA) is 46.1 Å². The largest absolute Gasteiger partial charge is 0.351 e. The van der Waals surface area contributed by atoms with Crippen LogP contribution in [0, 0.1) is 19.3 Å². The number of hydrogen-bond acceptors (Lipinski definition) is 2. The lowest BCUT2D eigenvalue weighted by molar-refractivity contribution is 0.0921. The van der Waals surface area contributed by atoms with E-state index in [0.717, 1.165) is 49.4 Å². The summed E-state index contributed by atoms with van der Waals surface area (Å²) in [5.41, 5.74) is 3.26. The number of amides is 1. The molecular weight excluding hydrogens is 262 g/mol. The number of carbonyl (C=O) groups is 1. The van der Waals surface area contributed by atoms with E-state index in [1.165, 1.54) is 0 Å². The lowest BCUT2D eigenvalue weighted by Crippen LogP contribution is -2.43. The Hall–Kier alpha value is -1.29. The van der Waals surface area contributed by atoms with Crippen molar-refractivity contribution in [2.75, 3.05) is 19.6 Å². The van der Waals surface area contributed by atoms with E-state index in [1.54, 1.807) is 0 Å². The third-order valence-corrected chi connectivity index (χ3v) is 4.73. The summed E-state index contributed by atoms with van der Waals surface area (Å²) in [5.74, 6) is 0.0646. The molecule has 0 bridgehead atoms. The number of aromatic nitrogens is 1. The molecule has 0 spiro atoms. The number of piperidine rings is 1. The van der Waals surface area contributed by atoms with Gasteiger partial charge in [0, 0.05) is 24.0 Å². The molecule has 0 unspecified atom stereocenters. The summed E-state index contributed by atoms with van der Waals surface area (Å²) in [6.45, 7) is 13.5. The Kier molecular flexibility index (Phi) is 4.77.